The first kappa shape index (κ1) is 15.3. The quantitative estimate of drug-likeness (QED) is 0.869. The molecule has 20 heavy (non-hydrogen) atoms. The molecule has 1 atom stereocenters. The smallest absolute Gasteiger partial charge is 0.213 e. The monoisotopic (exact) mass is 278 g/mol. The lowest BCUT2D eigenvalue weighted by atomic mass is 9.66. The van der Waals surface area contributed by atoms with Gasteiger partial charge in [0.1, 0.15) is 6.10 Å². The van der Waals surface area contributed by atoms with Crippen molar-refractivity contribution in [3.63, 3.8) is 0 Å². The SMILES string of the molecule is CCC1CCC(CN)(C(O)c2cccc(OC)n2)CC1. The van der Waals surface area contributed by atoms with E-state index in [1.165, 1.54) is 6.42 Å². The number of aliphatic hydroxyl groups excluding tert-OH is 1. The minimum absolute atomic E-state index is 0.231. The van der Waals surface area contributed by atoms with Crippen molar-refractivity contribution in [2.45, 2.75) is 45.1 Å². The minimum Gasteiger partial charge on any atom is -0.481 e. The third kappa shape index (κ3) is 2.96. The molecule has 112 valence electrons. The molecule has 1 aliphatic rings. The lowest BCUT2D eigenvalue weighted by molar-refractivity contribution is -0.0131. The predicted molar refractivity (Wildman–Crippen MR) is 79.5 cm³/mol. The number of hydrogen-bond acceptors (Lipinski definition) is 4. The second-order valence-corrected chi connectivity index (χ2v) is 5.93. The van der Waals surface area contributed by atoms with Crippen LogP contribution in [0.1, 0.15) is 50.8 Å². The first-order valence-electron chi connectivity index (χ1n) is 7.54. The van der Waals surface area contributed by atoms with Gasteiger partial charge in [-0.1, -0.05) is 19.4 Å². The lowest BCUT2D eigenvalue weighted by Crippen LogP contribution is -2.40. The van der Waals surface area contributed by atoms with Gasteiger partial charge in [0.05, 0.1) is 12.8 Å². The molecule has 1 unspecified atom stereocenters. The van der Waals surface area contributed by atoms with Crippen molar-refractivity contribution in [3.05, 3.63) is 23.9 Å². The van der Waals surface area contributed by atoms with Crippen molar-refractivity contribution in [2.75, 3.05) is 13.7 Å². The van der Waals surface area contributed by atoms with E-state index in [-0.39, 0.29) is 5.41 Å². The highest BCUT2D eigenvalue weighted by atomic mass is 16.5. The molecule has 1 fully saturated rings. The summed E-state index contributed by atoms with van der Waals surface area (Å²) in [6, 6.07) is 5.52. The molecule has 1 heterocycles. The number of aromatic nitrogens is 1. The van der Waals surface area contributed by atoms with Crippen LogP contribution in [-0.2, 0) is 0 Å². The maximum atomic E-state index is 10.8. The third-order valence-electron chi connectivity index (χ3n) is 4.90. The van der Waals surface area contributed by atoms with Gasteiger partial charge in [-0.15, -0.1) is 0 Å². The Balaban J connectivity index is 2.18. The zero-order chi connectivity index (χ0) is 14.6. The standard InChI is InChI=1S/C16H26N2O2/c1-3-12-7-9-16(11-17,10-8-12)15(19)13-5-4-6-14(18-13)20-2/h4-6,12,15,19H,3,7-11,17H2,1-2H3. The normalized spacial score (nSPS) is 28.1. The molecule has 0 radical (unpaired) electrons. The molecule has 0 spiro atoms. The molecule has 1 saturated carbocycles. The fraction of sp³-hybridized carbons (Fsp3) is 0.688. The van der Waals surface area contributed by atoms with Crippen LogP contribution in [0.2, 0.25) is 0 Å². The number of methoxy groups -OCH3 is 1. The summed E-state index contributed by atoms with van der Waals surface area (Å²) >= 11 is 0. The molecule has 1 aromatic heterocycles. The average molecular weight is 278 g/mol. The van der Waals surface area contributed by atoms with Gasteiger partial charge in [0, 0.05) is 18.0 Å². The van der Waals surface area contributed by atoms with Gasteiger partial charge in [-0.2, -0.15) is 0 Å². The lowest BCUT2D eigenvalue weighted by Gasteiger charge is -2.42. The van der Waals surface area contributed by atoms with Crippen LogP contribution in [0.25, 0.3) is 0 Å². The molecule has 2 rings (SSSR count). The van der Waals surface area contributed by atoms with Crippen LogP contribution >= 0.6 is 0 Å². The maximum Gasteiger partial charge on any atom is 0.213 e. The van der Waals surface area contributed by atoms with Gasteiger partial charge in [0.15, 0.2) is 0 Å². The van der Waals surface area contributed by atoms with Gasteiger partial charge in [-0.3, -0.25) is 0 Å². The molecule has 4 heteroatoms. The van der Waals surface area contributed by atoms with E-state index in [0.29, 0.717) is 18.1 Å². The van der Waals surface area contributed by atoms with Crippen LogP contribution in [0, 0.1) is 11.3 Å². The molecular formula is C16H26N2O2. The van der Waals surface area contributed by atoms with E-state index in [9.17, 15) is 5.11 Å². The fourth-order valence-electron chi connectivity index (χ4n) is 3.26. The van der Waals surface area contributed by atoms with Crippen LogP contribution in [0.15, 0.2) is 18.2 Å². The van der Waals surface area contributed by atoms with Crippen molar-refractivity contribution >= 4 is 0 Å². The first-order chi connectivity index (χ1) is 9.65. The summed E-state index contributed by atoms with van der Waals surface area (Å²) < 4.78 is 5.14. The van der Waals surface area contributed by atoms with Gasteiger partial charge < -0.3 is 15.6 Å². The molecule has 0 saturated heterocycles. The van der Waals surface area contributed by atoms with Gasteiger partial charge in [-0.05, 0) is 37.7 Å². The first-order valence-corrected chi connectivity index (χ1v) is 7.54. The molecular weight excluding hydrogens is 252 g/mol. The van der Waals surface area contributed by atoms with Gasteiger partial charge in [0.25, 0.3) is 0 Å². The zero-order valence-electron chi connectivity index (χ0n) is 12.5. The Morgan fingerprint density at radius 1 is 1.45 bits per heavy atom. The van der Waals surface area contributed by atoms with Gasteiger partial charge in [0.2, 0.25) is 5.88 Å². The Morgan fingerprint density at radius 3 is 2.70 bits per heavy atom. The molecule has 3 N–H and O–H groups in total. The molecule has 0 aromatic carbocycles. The second-order valence-electron chi connectivity index (χ2n) is 5.93. The van der Waals surface area contributed by atoms with Crippen molar-refractivity contribution in [1.82, 2.24) is 4.98 Å². The van der Waals surface area contributed by atoms with Crippen LogP contribution in [0.5, 0.6) is 5.88 Å². The number of hydrogen-bond donors (Lipinski definition) is 2. The Hall–Kier alpha value is -1.13. The molecule has 1 aliphatic carbocycles. The number of rotatable bonds is 5. The van der Waals surface area contributed by atoms with Crippen LogP contribution in [0.4, 0.5) is 0 Å². The van der Waals surface area contributed by atoms with E-state index in [4.69, 9.17) is 10.5 Å². The van der Waals surface area contributed by atoms with Crippen LogP contribution in [0.3, 0.4) is 0 Å². The van der Waals surface area contributed by atoms with Gasteiger partial charge in [-0.25, -0.2) is 4.98 Å². The fourth-order valence-corrected chi connectivity index (χ4v) is 3.26. The topological polar surface area (TPSA) is 68.4 Å². The molecule has 1 aromatic rings. The van der Waals surface area contributed by atoms with Crippen molar-refractivity contribution < 1.29 is 9.84 Å². The van der Waals surface area contributed by atoms with Crippen molar-refractivity contribution in [2.24, 2.45) is 17.1 Å². The average Bonchev–Trinajstić information content (AvgIpc) is 2.54. The van der Waals surface area contributed by atoms with Gasteiger partial charge >= 0.3 is 0 Å². The van der Waals surface area contributed by atoms with Crippen LogP contribution in [-0.4, -0.2) is 23.7 Å². The summed E-state index contributed by atoms with van der Waals surface area (Å²) in [5, 5.41) is 10.8. The van der Waals surface area contributed by atoms with Crippen molar-refractivity contribution in [3.8, 4) is 5.88 Å². The zero-order valence-corrected chi connectivity index (χ0v) is 12.5. The maximum absolute atomic E-state index is 10.8. The summed E-state index contributed by atoms with van der Waals surface area (Å²) in [6.07, 6.45) is 4.85. The Morgan fingerprint density at radius 2 is 2.15 bits per heavy atom. The highest BCUT2D eigenvalue weighted by molar-refractivity contribution is 5.19. The third-order valence-corrected chi connectivity index (χ3v) is 4.90. The Bertz CT molecular complexity index is 428. The summed E-state index contributed by atoms with van der Waals surface area (Å²) in [4.78, 5) is 4.37. The Labute approximate surface area is 121 Å². The predicted octanol–water partition coefficient (Wildman–Crippen LogP) is 2.67. The van der Waals surface area contributed by atoms with E-state index in [2.05, 4.69) is 11.9 Å². The summed E-state index contributed by atoms with van der Waals surface area (Å²) in [5.74, 6) is 1.32. The highest BCUT2D eigenvalue weighted by Gasteiger charge is 2.41. The summed E-state index contributed by atoms with van der Waals surface area (Å²) in [7, 11) is 1.59. The van der Waals surface area contributed by atoms with E-state index in [1.807, 2.05) is 12.1 Å². The summed E-state index contributed by atoms with van der Waals surface area (Å²) in [6.45, 7) is 2.74. The molecule has 0 bridgehead atoms. The number of aliphatic hydroxyl groups is 1. The summed E-state index contributed by atoms with van der Waals surface area (Å²) in [5.41, 5.74) is 6.45. The van der Waals surface area contributed by atoms with E-state index in [0.717, 1.165) is 31.6 Å². The number of nitrogens with two attached hydrogens (primary N) is 1. The molecule has 0 amide bonds. The Kier molecular flexibility index (Phi) is 5.00. The van der Waals surface area contributed by atoms with E-state index >= 15 is 0 Å². The second kappa shape index (κ2) is 6.55. The largest absolute Gasteiger partial charge is 0.481 e. The highest BCUT2D eigenvalue weighted by Crippen LogP contribution is 2.47. The van der Waals surface area contributed by atoms with E-state index in [1.54, 1.807) is 13.2 Å². The van der Waals surface area contributed by atoms with Crippen LogP contribution < -0.4 is 10.5 Å². The molecule has 0 aliphatic heterocycles. The minimum atomic E-state index is -0.611. The number of pyridine rings is 1. The number of ether oxygens (including phenoxy) is 1. The number of nitrogens with zero attached hydrogens (tertiary/aromatic N) is 1. The van der Waals surface area contributed by atoms with Crippen molar-refractivity contribution in [1.29, 1.82) is 0 Å². The van der Waals surface area contributed by atoms with E-state index < -0.39 is 6.10 Å². The molecule has 4 nitrogen and oxygen atoms in total.